The van der Waals surface area contributed by atoms with Crippen molar-refractivity contribution in [3.05, 3.63) is 5.82 Å². The number of anilines is 1. The first kappa shape index (κ1) is 37.2. The van der Waals surface area contributed by atoms with Crippen LogP contribution in [-0.2, 0) is 9.47 Å². The van der Waals surface area contributed by atoms with E-state index in [9.17, 15) is 0 Å². The number of thioether (sulfide) groups is 1. The molecule has 0 amide bonds. The Morgan fingerprint density at radius 3 is 2.12 bits per heavy atom. The van der Waals surface area contributed by atoms with Crippen LogP contribution in [-0.4, -0.2) is 76.7 Å². The molecule has 1 atom stereocenters. The molecule has 0 radical (unpaired) electrons. The van der Waals surface area contributed by atoms with Crippen molar-refractivity contribution in [1.82, 2.24) is 19.9 Å². The summed E-state index contributed by atoms with van der Waals surface area (Å²) in [5, 5.41) is 4.94. The standard InChI is InChI=1S/C33H61N5O2S2/c1-4-7-10-12-14-15-17-19-28-42-33-36-30(35-32(37-33)34-21-22-38-23-26-39-27-24-38)29(20-9-6-3)31(41)40-25-18-16-13-11-8-5-2/h29H,4-28H2,1-3H3,(H,34,35,36,37). The maximum atomic E-state index is 6.15. The summed E-state index contributed by atoms with van der Waals surface area (Å²) in [6.45, 7) is 12.8. The Bertz CT molecular complexity index is 811. The number of thiocarbonyl (C=S) groups is 1. The number of nitrogens with zero attached hydrogens (tertiary/aromatic N) is 4. The molecule has 2 heterocycles. The van der Waals surface area contributed by atoms with E-state index in [2.05, 4.69) is 31.0 Å². The molecule has 1 saturated heterocycles. The quantitative estimate of drug-likeness (QED) is 0.0619. The number of morpholine rings is 1. The van der Waals surface area contributed by atoms with Crippen molar-refractivity contribution in [3.8, 4) is 0 Å². The second kappa shape index (κ2) is 25.3. The molecule has 7 nitrogen and oxygen atoms in total. The number of unbranched alkanes of at least 4 members (excludes halogenated alkanes) is 13. The average molecular weight is 624 g/mol. The van der Waals surface area contributed by atoms with Gasteiger partial charge in [-0.1, -0.05) is 122 Å². The molecule has 9 heteroatoms. The Labute approximate surface area is 267 Å². The molecule has 1 aliphatic heterocycles. The molecule has 0 spiro atoms. The summed E-state index contributed by atoms with van der Waals surface area (Å²) in [7, 11) is 0. The van der Waals surface area contributed by atoms with Crippen LogP contribution in [0, 0.1) is 0 Å². The van der Waals surface area contributed by atoms with Gasteiger partial charge in [0.15, 0.2) is 10.2 Å². The lowest BCUT2D eigenvalue weighted by Gasteiger charge is -2.26. The Kier molecular flexibility index (Phi) is 22.4. The fourth-order valence-corrected chi connectivity index (χ4v) is 6.28. The molecule has 242 valence electrons. The first-order valence-corrected chi connectivity index (χ1v) is 18.7. The lowest BCUT2D eigenvalue weighted by Crippen LogP contribution is -2.39. The SMILES string of the molecule is CCCCCCCCCCSc1nc(NCCN2CCOCC2)nc(C(CCCC)C(=S)OCCCCCCCC)n1. The van der Waals surface area contributed by atoms with Crippen molar-refractivity contribution in [3.63, 3.8) is 0 Å². The number of aromatic nitrogens is 3. The van der Waals surface area contributed by atoms with Gasteiger partial charge in [-0.05, 0) is 31.5 Å². The second-order valence-electron chi connectivity index (χ2n) is 11.6. The van der Waals surface area contributed by atoms with Gasteiger partial charge in [0.2, 0.25) is 5.95 Å². The lowest BCUT2D eigenvalue weighted by molar-refractivity contribution is 0.0398. The largest absolute Gasteiger partial charge is 0.486 e. The Morgan fingerprint density at radius 1 is 0.833 bits per heavy atom. The molecule has 2 rings (SSSR count). The summed E-state index contributed by atoms with van der Waals surface area (Å²) < 4.78 is 11.6. The molecular weight excluding hydrogens is 563 g/mol. The van der Waals surface area contributed by atoms with Crippen molar-refractivity contribution in [2.24, 2.45) is 0 Å². The monoisotopic (exact) mass is 623 g/mol. The van der Waals surface area contributed by atoms with E-state index in [1.54, 1.807) is 11.8 Å². The van der Waals surface area contributed by atoms with Gasteiger partial charge < -0.3 is 14.8 Å². The normalized spacial score (nSPS) is 14.6. The fraction of sp³-hybridized carbons (Fsp3) is 0.879. The van der Waals surface area contributed by atoms with E-state index < -0.39 is 0 Å². The molecule has 42 heavy (non-hydrogen) atoms. The van der Waals surface area contributed by atoms with Gasteiger partial charge in [0.1, 0.15) is 5.82 Å². The van der Waals surface area contributed by atoms with Crippen molar-refractivity contribution in [2.75, 3.05) is 57.1 Å². The van der Waals surface area contributed by atoms with Crippen molar-refractivity contribution < 1.29 is 9.47 Å². The predicted molar refractivity (Wildman–Crippen MR) is 183 cm³/mol. The summed E-state index contributed by atoms with van der Waals surface area (Å²) >= 11 is 7.61. The van der Waals surface area contributed by atoms with Crippen molar-refractivity contribution >= 4 is 35.0 Å². The molecule has 0 bridgehead atoms. The first-order chi connectivity index (χ1) is 20.7. The summed E-state index contributed by atoms with van der Waals surface area (Å²) in [6.07, 6.45) is 21.1. The maximum Gasteiger partial charge on any atom is 0.227 e. The van der Waals surface area contributed by atoms with E-state index in [4.69, 9.17) is 36.6 Å². The molecule has 1 fully saturated rings. The molecular formula is C33H61N5O2S2. The molecule has 1 aliphatic rings. The summed E-state index contributed by atoms with van der Waals surface area (Å²) in [6, 6.07) is 0. The predicted octanol–water partition coefficient (Wildman–Crippen LogP) is 8.83. The van der Waals surface area contributed by atoms with Crippen LogP contribution in [0.3, 0.4) is 0 Å². The highest BCUT2D eigenvalue weighted by Crippen LogP contribution is 2.26. The lowest BCUT2D eigenvalue weighted by atomic mass is 10.0. The Morgan fingerprint density at radius 2 is 1.45 bits per heavy atom. The van der Waals surface area contributed by atoms with E-state index in [0.29, 0.717) is 17.6 Å². The van der Waals surface area contributed by atoms with Crippen LogP contribution in [0.1, 0.15) is 142 Å². The minimum Gasteiger partial charge on any atom is -0.486 e. The molecule has 1 aromatic rings. The Hall–Kier alpha value is -1.03. The molecule has 0 saturated carbocycles. The highest BCUT2D eigenvalue weighted by atomic mass is 32.2. The van der Waals surface area contributed by atoms with Gasteiger partial charge in [-0.15, -0.1) is 0 Å². The molecule has 0 aliphatic carbocycles. The molecule has 1 N–H and O–H groups in total. The van der Waals surface area contributed by atoms with Crippen LogP contribution in [0.4, 0.5) is 5.95 Å². The van der Waals surface area contributed by atoms with Gasteiger partial charge in [-0.2, -0.15) is 9.97 Å². The van der Waals surface area contributed by atoms with Crippen LogP contribution in [0.15, 0.2) is 5.16 Å². The van der Waals surface area contributed by atoms with Crippen molar-refractivity contribution in [2.45, 2.75) is 141 Å². The molecule has 1 aromatic heterocycles. The average Bonchev–Trinajstić information content (AvgIpc) is 3.00. The van der Waals surface area contributed by atoms with Crippen LogP contribution in [0.5, 0.6) is 0 Å². The summed E-state index contributed by atoms with van der Waals surface area (Å²) in [4.78, 5) is 17.1. The van der Waals surface area contributed by atoms with E-state index >= 15 is 0 Å². The van der Waals surface area contributed by atoms with E-state index in [1.165, 1.54) is 83.5 Å². The zero-order chi connectivity index (χ0) is 30.1. The zero-order valence-corrected chi connectivity index (χ0v) is 28.8. The van der Waals surface area contributed by atoms with Gasteiger partial charge in [0, 0.05) is 31.9 Å². The van der Waals surface area contributed by atoms with E-state index in [1.807, 2.05) is 0 Å². The highest BCUT2D eigenvalue weighted by molar-refractivity contribution is 7.99. The molecule has 1 unspecified atom stereocenters. The number of ether oxygens (including phenoxy) is 2. The topological polar surface area (TPSA) is 72.4 Å². The van der Waals surface area contributed by atoms with Crippen LogP contribution < -0.4 is 5.32 Å². The van der Waals surface area contributed by atoms with Crippen LogP contribution >= 0.6 is 24.0 Å². The zero-order valence-electron chi connectivity index (χ0n) is 27.2. The fourth-order valence-electron chi connectivity index (χ4n) is 5.14. The van der Waals surface area contributed by atoms with Crippen LogP contribution in [0.25, 0.3) is 0 Å². The number of rotatable bonds is 26. The third-order valence-electron chi connectivity index (χ3n) is 7.86. The van der Waals surface area contributed by atoms with Crippen molar-refractivity contribution in [1.29, 1.82) is 0 Å². The minimum atomic E-state index is -0.0784. The molecule has 0 aromatic carbocycles. The number of hydrogen-bond acceptors (Lipinski definition) is 9. The third kappa shape index (κ3) is 17.3. The summed E-state index contributed by atoms with van der Waals surface area (Å²) in [5.74, 6) is 2.38. The van der Waals surface area contributed by atoms with Gasteiger partial charge in [-0.25, -0.2) is 4.98 Å². The number of nitrogens with one attached hydrogen (secondary N) is 1. The van der Waals surface area contributed by atoms with Gasteiger partial charge in [-0.3, -0.25) is 4.90 Å². The second-order valence-corrected chi connectivity index (χ2v) is 13.1. The number of hydrogen-bond donors (Lipinski definition) is 1. The first-order valence-electron chi connectivity index (χ1n) is 17.3. The minimum absolute atomic E-state index is 0.0784. The van der Waals surface area contributed by atoms with Gasteiger partial charge >= 0.3 is 0 Å². The third-order valence-corrected chi connectivity index (χ3v) is 9.20. The van der Waals surface area contributed by atoms with Gasteiger partial charge in [0.25, 0.3) is 0 Å². The van der Waals surface area contributed by atoms with E-state index in [-0.39, 0.29) is 5.92 Å². The maximum absolute atomic E-state index is 6.15. The Balaban J connectivity index is 1.98. The summed E-state index contributed by atoms with van der Waals surface area (Å²) in [5.41, 5.74) is 0. The highest BCUT2D eigenvalue weighted by Gasteiger charge is 2.23. The van der Waals surface area contributed by atoms with E-state index in [0.717, 1.165) is 81.8 Å². The van der Waals surface area contributed by atoms with Gasteiger partial charge in [0.05, 0.1) is 25.7 Å². The smallest absolute Gasteiger partial charge is 0.227 e. The van der Waals surface area contributed by atoms with Crippen LogP contribution in [0.2, 0.25) is 0 Å².